The number of nitrogens with one attached hydrogen (secondary N) is 1. The molecule has 0 unspecified atom stereocenters. The van der Waals surface area contributed by atoms with Gasteiger partial charge in [-0.25, -0.2) is 5.01 Å². The molecule has 2 aliphatic rings. The summed E-state index contributed by atoms with van der Waals surface area (Å²) in [7, 11) is 3.13. The number of nitrogens with zero attached hydrogens (tertiary/aromatic N) is 3. The number of amides is 2. The van der Waals surface area contributed by atoms with E-state index < -0.39 is 5.54 Å². The predicted molar refractivity (Wildman–Crippen MR) is 120 cm³/mol. The van der Waals surface area contributed by atoms with Gasteiger partial charge >= 0.3 is 0 Å². The van der Waals surface area contributed by atoms with Crippen LogP contribution in [0.15, 0.2) is 47.6 Å². The first-order chi connectivity index (χ1) is 15.5. The van der Waals surface area contributed by atoms with Crippen molar-refractivity contribution in [3.63, 3.8) is 0 Å². The highest BCUT2D eigenvalue weighted by Gasteiger charge is 2.54. The molecular weight excluding hydrogens is 408 g/mol. The minimum absolute atomic E-state index is 0.0983. The van der Waals surface area contributed by atoms with Crippen molar-refractivity contribution >= 4 is 28.9 Å². The van der Waals surface area contributed by atoms with Gasteiger partial charge in [0.15, 0.2) is 5.54 Å². The Morgan fingerprint density at radius 2 is 1.94 bits per heavy atom. The number of para-hydroxylation sites is 1. The van der Waals surface area contributed by atoms with E-state index in [1.165, 1.54) is 11.2 Å². The molecule has 8 heteroatoms. The summed E-state index contributed by atoms with van der Waals surface area (Å²) in [6, 6.07) is 13.3. The van der Waals surface area contributed by atoms with E-state index in [0.717, 1.165) is 22.2 Å². The number of piperazine rings is 1. The lowest BCUT2D eigenvalue weighted by Gasteiger charge is -2.48. The van der Waals surface area contributed by atoms with Gasteiger partial charge in [-0.3, -0.25) is 9.59 Å². The number of hydrazone groups is 1. The summed E-state index contributed by atoms with van der Waals surface area (Å²) in [5, 5.41) is 6.73. The fourth-order valence-corrected chi connectivity index (χ4v) is 4.74. The Bertz CT molecular complexity index is 1260. The van der Waals surface area contributed by atoms with Crippen molar-refractivity contribution in [2.75, 3.05) is 27.3 Å². The SMILES string of the molecule is COc1ccc(/C=N\N2CC(=O)N3CCc4c([nH]c5ccccc45)[C@]3(C)C2=O)c(OC)c1. The molecule has 3 heterocycles. The Hall–Kier alpha value is -3.81. The molecule has 2 aromatic carbocycles. The fourth-order valence-electron chi connectivity index (χ4n) is 4.74. The molecule has 0 aliphatic carbocycles. The van der Waals surface area contributed by atoms with Gasteiger partial charge in [0.2, 0.25) is 5.91 Å². The molecule has 1 atom stereocenters. The Labute approximate surface area is 185 Å². The molecule has 1 aromatic heterocycles. The number of fused-ring (bicyclic) bond motifs is 5. The number of H-pyrrole nitrogens is 1. The molecule has 0 radical (unpaired) electrons. The number of ether oxygens (including phenoxy) is 2. The second-order valence-electron chi connectivity index (χ2n) is 8.11. The van der Waals surface area contributed by atoms with Gasteiger partial charge in [-0.15, -0.1) is 0 Å². The summed E-state index contributed by atoms with van der Waals surface area (Å²) in [6.07, 6.45) is 2.25. The van der Waals surface area contributed by atoms with Crippen LogP contribution in [0.3, 0.4) is 0 Å². The van der Waals surface area contributed by atoms with Crippen molar-refractivity contribution in [1.82, 2.24) is 14.9 Å². The number of rotatable bonds is 4. The third kappa shape index (κ3) is 2.86. The molecule has 1 fully saturated rings. The second kappa shape index (κ2) is 7.40. The molecule has 164 valence electrons. The van der Waals surface area contributed by atoms with Gasteiger partial charge in [-0.1, -0.05) is 18.2 Å². The molecule has 3 aromatic rings. The lowest BCUT2D eigenvalue weighted by Crippen LogP contribution is -2.65. The van der Waals surface area contributed by atoms with Crippen molar-refractivity contribution in [3.8, 4) is 11.5 Å². The highest BCUT2D eigenvalue weighted by Crippen LogP contribution is 2.42. The lowest BCUT2D eigenvalue weighted by atomic mass is 9.83. The molecule has 5 rings (SSSR count). The van der Waals surface area contributed by atoms with Gasteiger partial charge in [-0.05, 0) is 37.1 Å². The monoisotopic (exact) mass is 432 g/mol. The van der Waals surface area contributed by atoms with E-state index in [-0.39, 0.29) is 18.4 Å². The standard InChI is InChI=1S/C24H24N4O4/c1-24-22-18(17-6-4-5-7-19(17)26-22)10-11-27(24)21(29)14-28(23(24)30)25-13-15-8-9-16(31-2)12-20(15)32-3/h4-9,12-13,26H,10-11,14H2,1-3H3/b25-13-/t24-/m1/s1. The summed E-state index contributed by atoms with van der Waals surface area (Å²) >= 11 is 0. The van der Waals surface area contributed by atoms with Crippen LogP contribution in [-0.2, 0) is 21.5 Å². The van der Waals surface area contributed by atoms with E-state index in [0.29, 0.717) is 30.0 Å². The predicted octanol–water partition coefficient (Wildman–Crippen LogP) is 2.66. The average Bonchev–Trinajstić information content (AvgIpc) is 3.20. The quantitative estimate of drug-likeness (QED) is 0.642. The van der Waals surface area contributed by atoms with Gasteiger partial charge in [0.05, 0.1) is 26.1 Å². The first-order valence-corrected chi connectivity index (χ1v) is 10.5. The molecule has 0 saturated carbocycles. The van der Waals surface area contributed by atoms with Gasteiger partial charge in [0.25, 0.3) is 5.91 Å². The van der Waals surface area contributed by atoms with E-state index >= 15 is 0 Å². The van der Waals surface area contributed by atoms with Gasteiger partial charge < -0.3 is 19.4 Å². The van der Waals surface area contributed by atoms with E-state index in [9.17, 15) is 9.59 Å². The highest BCUT2D eigenvalue weighted by atomic mass is 16.5. The van der Waals surface area contributed by atoms with E-state index in [1.807, 2.05) is 24.3 Å². The highest BCUT2D eigenvalue weighted by molar-refractivity contribution is 6.01. The van der Waals surface area contributed by atoms with E-state index in [4.69, 9.17) is 9.47 Å². The van der Waals surface area contributed by atoms with Crippen LogP contribution >= 0.6 is 0 Å². The molecule has 1 N–H and O–H groups in total. The third-order valence-electron chi connectivity index (χ3n) is 6.44. The van der Waals surface area contributed by atoms with Crippen molar-refractivity contribution < 1.29 is 19.1 Å². The van der Waals surface area contributed by atoms with Crippen molar-refractivity contribution in [2.24, 2.45) is 5.10 Å². The number of benzene rings is 2. The first kappa shape index (κ1) is 20.1. The molecule has 1 saturated heterocycles. The molecule has 0 bridgehead atoms. The number of carbonyl (C=O) groups excluding carboxylic acids is 2. The van der Waals surface area contributed by atoms with Crippen LogP contribution in [0.1, 0.15) is 23.7 Å². The maximum Gasteiger partial charge on any atom is 0.275 e. The Morgan fingerprint density at radius 1 is 1.12 bits per heavy atom. The Balaban J connectivity index is 1.53. The summed E-state index contributed by atoms with van der Waals surface area (Å²) in [4.78, 5) is 31.8. The molecule has 2 aliphatic heterocycles. The zero-order valence-electron chi connectivity index (χ0n) is 18.2. The van der Waals surface area contributed by atoms with Crippen LogP contribution in [0.25, 0.3) is 10.9 Å². The zero-order chi connectivity index (χ0) is 22.5. The summed E-state index contributed by atoms with van der Waals surface area (Å²) in [5.74, 6) is 0.843. The fraction of sp³-hybridized carbons (Fsp3) is 0.292. The summed E-state index contributed by atoms with van der Waals surface area (Å²) in [6.45, 7) is 2.20. The second-order valence-corrected chi connectivity index (χ2v) is 8.11. The Morgan fingerprint density at radius 3 is 2.72 bits per heavy atom. The third-order valence-corrected chi connectivity index (χ3v) is 6.44. The Kier molecular flexibility index (Phi) is 4.65. The number of hydrogen-bond acceptors (Lipinski definition) is 5. The first-order valence-electron chi connectivity index (χ1n) is 10.5. The van der Waals surface area contributed by atoms with E-state index in [2.05, 4.69) is 10.1 Å². The van der Waals surface area contributed by atoms with Crippen LogP contribution in [0.5, 0.6) is 11.5 Å². The maximum atomic E-state index is 13.7. The smallest absolute Gasteiger partial charge is 0.275 e. The molecule has 8 nitrogen and oxygen atoms in total. The topological polar surface area (TPSA) is 87.2 Å². The molecular formula is C24H24N4O4. The summed E-state index contributed by atoms with van der Waals surface area (Å²) < 4.78 is 10.6. The number of aromatic amines is 1. The minimum Gasteiger partial charge on any atom is -0.497 e. The van der Waals surface area contributed by atoms with Crippen LogP contribution < -0.4 is 9.47 Å². The maximum absolute atomic E-state index is 13.7. The molecule has 0 spiro atoms. The van der Waals surface area contributed by atoms with E-state index in [1.54, 1.807) is 44.2 Å². The summed E-state index contributed by atoms with van der Waals surface area (Å²) in [5.41, 5.74) is 2.36. The molecule has 32 heavy (non-hydrogen) atoms. The van der Waals surface area contributed by atoms with Crippen LogP contribution in [0.2, 0.25) is 0 Å². The number of carbonyl (C=O) groups is 2. The zero-order valence-corrected chi connectivity index (χ0v) is 18.2. The van der Waals surface area contributed by atoms with Crippen LogP contribution in [0.4, 0.5) is 0 Å². The van der Waals surface area contributed by atoms with Crippen LogP contribution in [0, 0.1) is 0 Å². The average molecular weight is 432 g/mol. The van der Waals surface area contributed by atoms with Gasteiger partial charge in [-0.2, -0.15) is 5.10 Å². The number of hydrogen-bond donors (Lipinski definition) is 1. The normalized spacial score (nSPS) is 20.6. The van der Waals surface area contributed by atoms with Crippen molar-refractivity contribution in [3.05, 3.63) is 59.3 Å². The van der Waals surface area contributed by atoms with Gasteiger partial charge in [0, 0.05) is 29.1 Å². The largest absolute Gasteiger partial charge is 0.497 e. The number of methoxy groups -OCH3 is 2. The minimum atomic E-state index is -1.14. The lowest BCUT2D eigenvalue weighted by molar-refractivity contribution is -0.165. The van der Waals surface area contributed by atoms with Crippen molar-refractivity contribution in [1.29, 1.82) is 0 Å². The number of aromatic nitrogens is 1. The van der Waals surface area contributed by atoms with Gasteiger partial charge in [0.1, 0.15) is 18.0 Å². The molecule has 2 amide bonds. The van der Waals surface area contributed by atoms with Crippen LogP contribution in [-0.4, -0.2) is 60.2 Å². The van der Waals surface area contributed by atoms with Crippen molar-refractivity contribution in [2.45, 2.75) is 18.9 Å².